The first kappa shape index (κ1) is 11.3. The lowest BCUT2D eigenvalue weighted by molar-refractivity contribution is -0.128. The number of benzene rings is 1. The zero-order valence-electron chi connectivity index (χ0n) is 7.58. The maximum absolute atomic E-state index is 11.3. The molecule has 0 radical (unpaired) electrons. The van der Waals surface area contributed by atoms with E-state index >= 15 is 0 Å². The second-order valence-corrected chi connectivity index (χ2v) is 4.10. The molecule has 0 saturated carbocycles. The molecule has 0 bridgehead atoms. The number of carbonyl (C=O) groups excluding carboxylic acids is 1. The van der Waals surface area contributed by atoms with Crippen LogP contribution < -0.4 is 0 Å². The second kappa shape index (κ2) is 4.14. The number of carbonyl (C=O) groups is 1. The number of aromatic hydroxyl groups is 1. The van der Waals surface area contributed by atoms with E-state index in [2.05, 4.69) is 10.8 Å². The van der Waals surface area contributed by atoms with Gasteiger partial charge in [-0.2, -0.15) is 8.42 Å². The van der Waals surface area contributed by atoms with Gasteiger partial charge in [-0.1, -0.05) is 6.58 Å². The van der Waals surface area contributed by atoms with Crippen molar-refractivity contribution >= 4 is 16.1 Å². The number of hydrogen-bond acceptors (Lipinski definition) is 5. The van der Waals surface area contributed by atoms with E-state index in [-0.39, 0.29) is 10.6 Å². The lowest BCUT2D eigenvalue weighted by atomic mass is 10.3. The maximum atomic E-state index is 11.3. The smallest absolute Gasteiger partial charge is 0.346 e. The molecule has 5 nitrogen and oxygen atoms in total. The topological polar surface area (TPSA) is 80.7 Å². The van der Waals surface area contributed by atoms with Gasteiger partial charge >= 0.3 is 16.1 Å². The van der Waals surface area contributed by atoms with Gasteiger partial charge in [0.25, 0.3) is 0 Å². The minimum absolute atomic E-state index is 0.0796. The Balaban J connectivity index is 3.01. The molecule has 1 N–H and O–H groups in total. The quantitative estimate of drug-likeness (QED) is 0.611. The van der Waals surface area contributed by atoms with Crippen molar-refractivity contribution in [2.24, 2.45) is 0 Å². The van der Waals surface area contributed by atoms with Crippen molar-refractivity contribution in [2.75, 3.05) is 0 Å². The van der Waals surface area contributed by atoms with Gasteiger partial charge in [0.2, 0.25) is 0 Å². The van der Waals surface area contributed by atoms with Crippen molar-refractivity contribution in [1.82, 2.24) is 0 Å². The van der Waals surface area contributed by atoms with Crippen molar-refractivity contribution in [3.63, 3.8) is 0 Å². The van der Waals surface area contributed by atoms with Crippen molar-refractivity contribution in [2.45, 2.75) is 4.90 Å². The van der Waals surface area contributed by atoms with Gasteiger partial charge in [0.05, 0.1) is 0 Å². The second-order valence-electron chi connectivity index (χ2n) is 2.55. The lowest BCUT2D eigenvalue weighted by Gasteiger charge is -2.02. The summed E-state index contributed by atoms with van der Waals surface area (Å²) in [6.07, 6.45) is 0.748. The highest BCUT2D eigenvalue weighted by Gasteiger charge is 2.18. The molecule has 0 saturated heterocycles. The van der Waals surface area contributed by atoms with Crippen LogP contribution in [0.3, 0.4) is 0 Å². The van der Waals surface area contributed by atoms with Crippen molar-refractivity contribution in [1.29, 1.82) is 0 Å². The molecule has 1 rings (SSSR count). The van der Waals surface area contributed by atoms with Gasteiger partial charge in [-0.05, 0) is 24.3 Å². The molecule has 0 amide bonds. The van der Waals surface area contributed by atoms with E-state index in [1.165, 1.54) is 12.1 Å². The van der Waals surface area contributed by atoms with E-state index < -0.39 is 16.1 Å². The third-order valence-corrected chi connectivity index (χ3v) is 2.72. The van der Waals surface area contributed by atoms with E-state index in [0.29, 0.717) is 0 Å². The Labute approximate surface area is 86.7 Å². The molecule has 0 fully saturated rings. The molecule has 6 heteroatoms. The Morgan fingerprint density at radius 1 is 1.33 bits per heavy atom. The highest BCUT2D eigenvalue weighted by molar-refractivity contribution is 7.87. The normalized spacial score (nSPS) is 10.7. The molecule has 80 valence electrons. The fourth-order valence-corrected chi connectivity index (χ4v) is 1.65. The standard InChI is InChI=1S/C9H8O5S/c1-2-9(11)14-15(12,13)8-5-3-7(10)4-6-8/h2-6,10H,1H2. The van der Waals surface area contributed by atoms with Crippen LogP contribution in [-0.2, 0) is 19.1 Å². The summed E-state index contributed by atoms with van der Waals surface area (Å²) >= 11 is 0. The average molecular weight is 228 g/mol. The first-order valence-corrected chi connectivity index (χ1v) is 5.26. The van der Waals surface area contributed by atoms with Crippen LogP contribution in [0.15, 0.2) is 41.8 Å². The number of rotatable bonds is 3. The Morgan fingerprint density at radius 2 is 1.87 bits per heavy atom. The Bertz CT molecular complexity index is 472. The predicted octanol–water partition coefficient (Wildman–Crippen LogP) is 0.810. The molecule has 0 unspecified atom stereocenters. The first-order chi connectivity index (χ1) is 6.95. The molecule has 0 aliphatic rings. The maximum Gasteiger partial charge on any atom is 0.346 e. The van der Waals surface area contributed by atoms with Gasteiger partial charge in [-0.3, -0.25) is 0 Å². The minimum atomic E-state index is -4.12. The van der Waals surface area contributed by atoms with Gasteiger partial charge < -0.3 is 9.29 Å². The van der Waals surface area contributed by atoms with E-state index in [4.69, 9.17) is 5.11 Å². The van der Waals surface area contributed by atoms with Crippen LogP contribution in [-0.4, -0.2) is 19.5 Å². The summed E-state index contributed by atoms with van der Waals surface area (Å²) in [6, 6.07) is 4.60. The molecule has 1 aromatic carbocycles. The third-order valence-electron chi connectivity index (χ3n) is 1.48. The zero-order valence-corrected chi connectivity index (χ0v) is 8.40. The Morgan fingerprint density at radius 3 is 2.33 bits per heavy atom. The van der Waals surface area contributed by atoms with Crippen LogP contribution in [0, 0.1) is 0 Å². The molecule has 0 spiro atoms. The van der Waals surface area contributed by atoms with Gasteiger partial charge in [-0.15, -0.1) is 0 Å². The van der Waals surface area contributed by atoms with Crippen LogP contribution in [0.2, 0.25) is 0 Å². The Kier molecular flexibility index (Phi) is 3.11. The number of hydrogen-bond donors (Lipinski definition) is 1. The largest absolute Gasteiger partial charge is 0.508 e. The molecule has 1 aromatic rings. The third kappa shape index (κ3) is 2.81. The molecule has 0 aliphatic heterocycles. The fraction of sp³-hybridized carbons (Fsp3) is 0. The minimum Gasteiger partial charge on any atom is -0.508 e. The summed E-state index contributed by atoms with van der Waals surface area (Å²) < 4.78 is 26.8. The average Bonchev–Trinajstić information content (AvgIpc) is 2.17. The molecular weight excluding hydrogens is 220 g/mol. The summed E-state index contributed by atoms with van der Waals surface area (Å²) in [5.41, 5.74) is 0. The van der Waals surface area contributed by atoms with E-state index in [1.54, 1.807) is 0 Å². The highest BCUT2D eigenvalue weighted by Crippen LogP contribution is 2.16. The molecule has 0 aliphatic carbocycles. The van der Waals surface area contributed by atoms with E-state index in [0.717, 1.165) is 18.2 Å². The molecule has 15 heavy (non-hydrogen) atoms. The predicted molar refractivity (Wildman–Crippen MR) is 51.6 cm³/mol. The molecular formula is C9H8O5S. The summed E-state index contributed by atoms with van der Waals surface area (Å²) in [4.78, 5) is 10.5. The van der Waals surface area contributed by atoms with Crippen LogP contribution in [0.1, 0.15) is 0 Å². The van der Waals surface area contributed by atoms with Crippen LogP contribution in [0.25, 0.3) is 0 Å². The summed E-state index contributed by atoms with van der Waals surface area (Å²) in [7, 11) is -4.12. The summed E-state index contributed by atoms with van der Waals surface area (Å²) in [6.45, 7) is 3.07. The number of phenolic OH excluding ortho intramolecular Hbond substituents is 1. The summed E-state index contributed by atoms with van der Waals surface area (Å²) in [5.74, 6) is -1.13. The molecule has 0 atom stereocenters. The van der Waals surface area contributed by atoms with Gasteiger partial charge in [0, 0.05) is 6.08 Å². The van der Waals surface area contributed by atoms with Gasteiger partial charge in [0.15, 0.2) is 0 Å². The van der Waals surface area contributed by atoms with Crippen molar-refractivity contribution in [3.05, 3.63) is 36.9 Å². The number of phenols is 1. The SMILES string of the molecule is C=CC(=O)OS(=O)(=O)c1ccc(O)cc1. The highest BCUT2D eigenvalue weighted by atomic mass is 32.2. The van der Waals surface area contributed by atoms with Crippen LogP contribution in [0.5, 0.6) is 5.75 Å². The van der Waals surface area contributed by atoms with Crippen molar-refractivity contribution in [3.8, 4) is 5.75 Å². The summed E-state index contributed by atoms with van der Waals surface area (Å²) in [5, 5.41) is 8.93. The zero-order chi connectivity index (χ0) is 11.5. The monoisotopic (exact) mass is 228 g/mol. The molecule has 0 aromatic heterocycles. The van der Waals surface area contributed by atoms with Crippen LogP contribution in [0.4, 0.5) is 0 Å². The molecule has 0 heterocycles. The van der Waals surface area contributed by atoms with Gasteiger partial charge in [0.1, 0.15) is 10.6 Å². The fourth-order valence-electron chi connectivity index (χ4n) is 0.803. The van der Waals surface area contributed by atoms with Crippen molar-refractivity contribution < 1.29 is 22.5 Å². The van der Waals surface area contributed by atoms with E-state index in [9.17, 15) is 13.2 Å². The van der Waals surface area contributed by atoms with Crippen LogP contribution >= 0.6 is 0 Å². The van der Waals surface area contributed by atoms with E-state index in [1.807, 2.05) is 0 Å². The van der Waals surface area contributed by atoms with Gasteiger partial charge in [-0.25, -0.2) is 4.79 Å². The first-order valence-electron chi connectivity index (χ1n) is 3.85. The Hall–Kier alpha value is -1.82. The lowest BCUT2D eigenvalue weighted by Crippen LogP contribution is -2.10.